The smallest absolute Gasteiger partial charge is 0.164 e. The van der Waals surface area contributed by atoms with Gasteiger partial charge in [-0.05, 0) is 36.8 Å². The van der Waals surface area contributed by atoms with Gasteiger partial charge in [0.2, 0.25) is 0 Å². The lowest BCUT2D eigenvalue weighted by Crippen LogP contribution is -2.06. The number of carbonyl (C=O) groups excluding carboxylic acids is 1. The van der Waals surface area contributed by atoms with Crippen molar-refractivity contribution in [1.82, 2.24) is 0 Å². The van der Waals surface area contributed by atoms with E-state index in [1.54, 1.807) is 11.8 Å². The Morgan fingerprint density at radius 2 is 1.63 bits per heavy atom. The SMILES string of the molecule is CCOc1ccc(C(CC(=O)c2ccccc2)Sc2ccccc2N)cc1. The summed E-state index contributed by atoms with van der Waals surface area (Å²) in [4.78, 5) is 13.8. The quantitative estimate of drug-likeness (QED) is 0.307. The lowest BCUT2D eigenvalue weighted by molar-refractivity contribution is 0.0982. The predicted octanol–water partition coefficient (Wildman–Crippen LogP) is 5.77. The maximum Gasteiger partial charge on any atom is 0.164 e. The molecule has 1 unspecified atom stereocenters. The summed E-state index contributed by atoms with van der Waals surface area (Å²) < 4.78 is 5.53. The first kappa shape index (κ1) is 19.1. The van der Waals surface area contributed by atoms with Crippen molar-refractivity contribution < 1.29 is 9.53 Å². The third-order valence-corrected chi connectivity index (χ3v) is 5.57. The van der Waals surface area contributed by atoms with E-state index in [-0.39, 0.29) is 11.0 Å². The van der Waals surface area contributed by atoms with Crippen molar-refractivity contribution >= 4 is 23.2 Å². The minimum Gasteiger partial charge on any atom is -0.494 e. The lowest BCUT2D eigenvalue weighted by Gasteiger charge is -2.18. The van der Waals surface area contributed by atoms with Gasteiger partial charge < -0.3 is 10.5 Å². The summed E-state index contributed by atoms with van der Waals surface area (Å²) in [5.74, 6) is 0.954. The molecule has 0 amide bonds. The zero-order valence-corrected chi connectivity index (χ0v) is 16.1. The van der Waals surface area contributed by atoms with Crippen LogP contribution in [0.15, 0.2) is 83.8 Å². The van der Waals surface area contributed by atoms with Crippen LogP contribution in [0.25, 0.3) is 0 Å². The van der Waals surface area contributed by atoms with E-state index in [1.807, 2.05) is 85.8 Å². The number of nitrogen functional groups attached to an aromatic ring is 1. The van der Waals surface area contributed by atoms with Crippen LogP contribution in [0.3, 0.4) is 0 Å². The molecule has 0 heterocycles. The van der Waals surface area contributed by atoms with E-state index in [0.717, 1.165) is 27.5 Å². The van der Waals surface area contributed by atoms with Gasteiger partial charge in [-0.1, -0.05) is 54.6 Å². The highest BCUT2D eigenvalue weighted by atomic mass is 32.2. The molecule has 0 fully saturated rings. The van der Waals surface area contributed by atoms with E-state index in [2.05, 4.69) is 0 Å². The van der Waals surface area contributed by atoms with E-state index < -0.39 is 0 Å². The number of Topliss-reactive ketones (excluding diaryl/α,β-unsaturated/α-hetero) is 1. The minimum absolute atomic E-state index is 0.0296. The van der Waals surface area contributed by atoms with Crippen molar-refractivity contribution in [3.8, 4) is 5.75 Å². The molecule has 4 heteroatoms. The zero-order valence-electron chi connectivity index (χ0n) is 15.3. The Balaban J connectivity index is 1.86. The number of rotatable bonds is 8. The lowest BCUT2D eigenvalue weighted by atomic mass is 10.0. The fourth-order valence-corrected chi connectivity index (χ4v) is 4.02. The largest absolute Gasteiger partial charge is 0.494 e. The van der Waals surface area contributed by atoms with Crippen LogP contribution in [0.5, 0.6) is 5.75 Å². The highest BCUT2D eigenvalue weighted by Gasteiger charge is 2.19. The normalized spacial score (nSPS) is 11.7. The van der Waals surface area contributed by atoms with Gasteiger partial charge >= 0.3 is 0 Å². The molecule has 0 saturated carbocycles. The monoisotopic (exact) mass is 377 g/mol. The molecule has 0 saturated heterocycles. The van der Waals surface area contributed by atoms with Gasteiger partial charge in [0.1, 0.15) is 5.75 Å². The van der Waals surface area contributed by atoms with Crippen LogP contribution in [-0.2, 0) is 0 Å². The van der Waals surface area contributed by atoms with Gasteiger partial charge in [0.25, 0.3) is 0 Å². The molecule has 3 aromatic rings. The first-order chi connectivity index (χ1) is 13.2. The molecular formula is C23H23NO2S. The van der Waals surface area contributed by atoms with Crippen molar-refractivity contribution in [3.05, 3.63) is 90.0 Å². The Morgan fingerprint density at radius 3 is 2.30 bits per heavy atom. The molecule has 3 nitrogen and oxygen atoms in total. The summed E-state index contributed by atoms with van der Waals surface area (Å²) in [7, 11) is 0. The van der Waals surface area contributed by atoms with Crippen LogP contribution in [0.2, 0.25) is 0 Å². The molecule has 0 aliphatic rings. The molecule has 0 aliphatic carbocycles. The van der Waals surface area contributed by atoms with Gasteiger partial charge in [-0.2, -0.15) is 0 Å². The Hall–Kier alpha value is -2.72. The Morgan fingerprint density at radius 1 is 0.963 bits per heavy atom. The highest BCUT2D eigenvalue weighted by molar-refractivity contribution is 7.99. The Bertz CT molecular complexity index is 878. The second-order valence-electron chi connectivity index (χ2n) is 6.14. The molecule has 3 rings (SSSR count). The van der Waals surface area contributed by atoms with Gasteiger partial charge in [-0.3, -0.25) is 4.79 Å². The Kier molecular flexibility index (Phi) is 6.55. The summed E-state index contributed by atoms with van der Waals surface area (Å²) in [6, 6.07) is 25.1. The fourth-order valence-electron chi connectivity index (χ4n) is 2.82. The summed E-state index contributed by atoms with van der Waals surface area (Å²) in [6.45, 7) is 2.59. The average Bonchev–Trinajstić information content (AvgIpc) is 2.70. The maximum atomic E-state index is 12.8. The number of anilines is 1. The number of nitrogens with two attached hydrogens (primary N) is 1. The molecule has 0 aromatic heterocycles. The van der Waals surface area contributed by atoms with Crippen LogP contribution < -0.4 is 10.5 Å². The standard InChI is InChI=1S/C23H23NO2S/c1-2-26-19-14-12-18(13-15-19)23(27-22-11-7-6-10-20(22)24)16-21(25)17-8-4-3-5-9-17/h3-15,23H,2,16,24H2,1H3. The van der Waals surface area contributed by atoms with Gasteiger partial charge in [0, 0.05) is 27.8 Å². The van der Waals surface area contributed by atoms with Gasteiger partial charge in [0.05, 0.1) is 6.61 Å². The van der Waals surface area contributed by atoms with Crippen molar-refractivity contribution in [2.24, 2.45) is 0 Å². The number of hydrogen-bond donors (Lipinski definition) is 1. The molecule has 27 heavy (non-hydrogen) atoms. The number of para-hydroxylation sites is 1. The molecule has 0 radical (unpaired) electrons. The van der Waals surface area contributed by atoms with E-state index in [1.165, 1.54) is 0 Å². The maximum absolute atomic E-state index is 12.8. The number of carbonyl (C=O) groups is 1. The first-order valence-electron chi connectivity index (χ1n) is 8.99. The number of ether oxygens (including phenoxy) is 1. The van der Waals surface area contributed by atoms with Crippen LogP contribution in [0.4, 0.5) is 5.69 Å². The van der Waals surface area contributed by atoms with Crippen molar-refractivity contribution in [2.45, 2.75) is 23.5 Å². The van der Waals surface area contributed by atoms with Crippen molar-refractivity contribution in [1.29, 1.82) is 0 Å². The van der Waals surface area contributed by atoms with E-state index in [0.29, 0.717) is 13.0 Å². The topological polar surface area (TPSA) is 52.3 Å². The van der Waals surface area contributed by atoms with Crippen LogP contribution in [0.1, 0.15) is 34.5 Å². The Labute approximate surface area is 164 Å². The molecule has 0 spiro atoms. The van der Waals surface area contributed by atoms with Crippen LogP contribution in [-0.4, -0.2) is 12.4 Å². The molecule has 0 bridgehead atoms. The predicted molar refractivity (Wildman–Crippen MR) is 112 cm³/mol. The van der Waals surface area contributed by atoms with Gasteiger partial charge in [-0.25, -0.2) is 0 Å². The molecule has 1 atom stereocenters. The van der Waals surface area contributed by atoms with Gasteiger partial charge in [-0.15, -0.1) is 11.8 Å². The molecular weight excluding hydrogens is 354 g/mol. The zero-order chi connectivity index (χ0) is 19.1. The van der Waals surface area contributed by atoms with Crippen molar-refractivity contribution in [3.63, 3.8) is 0 Å². The number of ketones is 1. The van der Waals surface area contributed by atoms with E-state index >= 15 is 0 Å². The summed E-state index contributed by atoms with van der Waals surface area (Å²) in [6.07, 6.45) is 0.400. The third-order valence-electron chi connectivity index (χ3n) is 4.22. The summed E-state index contributed by atoms with van der Waals surface area (Å²) in [5.41, 5.74) is 8.67. The molecule has 3 aromatic carbocycles. The average molecular weight is 378 g/mol. The van der Waals surface area contributed by atoms with E-state index in [4.69, 9.17) is 10.5 Å². The summed E-state index contributed by atoms with van der Waals surface area (Å²) in [5, 5.41) is -0.0296. The number of benzene rings is 3. The molecule has 0 aliphatic heterocycles. The highest BCUT2D eigenvalue weighted by Crippen LogP contribution is 2.41. The van der Waals surface area contributed by atoms with E-state index in [9.17, 15) is 4.79 Å². The van der Waals surface area contributed by atoms with Gasteiger partial charge in [0.15, 0.2) is 5.78 Å². The van der Waals surface area contributed by atoms with Crippen LogP contribution in [0, 0.1) is 0 Å². The second kappa shape index (κ2) is 9.28. The fraction of sp³-hybridized carbons (Fsp3) is 0.174. The first-order valence-corrected chi connectivity index (χ1v) is 9.87. The summed E-state index contributed by atoms with van der Waals surface area (Å²) >= 11 is 1.62. The number of thioether (sulfide) groups is 1. The minimum atomic E-state index is -0.0296. The number of hydrogen-bond acceptors (Lipinski definition) is 4. The molecule has 138 valence electrons. The van der Waals surface area contributed by atoms with Crippen LogP contribution >= 0.6 is 11.8 Å². The third kappa shape index (κ3) is 5.14. The second-order valence-corrected chi connectivity index (χ2v) is 7.38. The van der Waals surface area contributed by atoms with Crippen molar-refractivity contribution in [2.75, 3.05) is 12.3 Å². The molecule has 2 N–H and O–H groups in total.